The lowest BCUT2D eigenvalue weighted by molar-refractivity contribution is 0.102. The SMILES string of the molecule is Cc1cccc(Cn2nccc2NC(=O)c2ccsc2)c1. The van der Waals surface area contributed by atoms with Gasteiger partial charge in [-0.05, 0) is 23.9 Å². The van der Waals surface area contributed by atoms with Gasteiger partial charge in [-0.1, -0.05) is 29.8 Å². The van der Waals surface area contributed by atoms with Crippen molar-refractivity contribution in [3.63, 3.8) is 0 Å². The van der Waals surface area contributed by atoms with Crippen molar-refractivity contribution in [1.29, 1.82) is 0 Å². The highest BCUT2D eigenvalue weighted by Crippen LogP contribution is 2.14. The van der Waals surface area contributed by atoms with Crippen LogP contribution < -0.4 is 5.32 Å². The number of aromatic nitrogens is 2. The minimum atomic E-state index is -0.109. The summed E-state index contributed by atoms with van der Waals surface area (Å²) in [5.74, 6) is 0.593. The molecule has 4 nitrogen and oxygen atoms in total. The van der Waals surface area contributed by atoms with E-state index in [9.17, 15) is 4.79 Å². The second kappa shape index (κ2) is 5.93. The van der Waals surface area contributed by atoms with E-state index in [-0.39, 0.29) is 5.91 Å². The number of carbonyl (C=O) groups excluding carboxylic acids is 1. The van der Waals surface area contributed by atoms with E-state index >= 15 is 0 Å². The molecule has 0 fully saturated rings. The molecular formula is C16H15N3OS. The number of nitrogens with zero attached hydrogens (tertiary/aromatic N) is 2. The zero-order valence-electron chi connectivity index (χ0n) is 11.6. The van der Waals surface area contributed by atoms with Gasteiger partial charge in [0.25, 0.3) is 5.91 Å². The fourth-order valence-corrected chi connectivity index (χ4v) is 2.77. The second-order valence-corrected chi connectivity index (χ2v) is 5.61. The van der Waals surface area contributed by atoms with E-state index in [0.29, 0.717) is 17.9 Å². The maximum absolute atomic E-state index is 12.1. The van der Waals surface area contributed by atoms with Crippen LogP contribution in [0.4, 0.5) is 5.82 Å². The fourth-order valence-electron chi connectivity index (χ4n) is 2.13. The smallest absolute Gasteiger partial charge is 0.257 e. The Hall–Kier alpha value is -2.40. The minimum absolute atomic E-state index is 0.109. The van der Waals surface area contributed by atoms with E-state index in [4.69, 9.17) is 0 Å². The van der Waals surface area contributed by atoms with Crippen LogP contribution in [0.5, 0.6) is 0 Å². The summed E-state index contributed by atoms with van der Waals surface area (Å²) in [7, 11) is 0. The van der Waals surface area contributed by atoms with Crippen LogP contribution >= 0.6 is 11.3 Å². The molecule has 0 aliphatic rings. The topological polar surface area (TPSA) is 46.9 Å². The van der Waals surface area contributed by atoms with Gasteiger partial charge in [0.2, 0.25) is 0 Å². The van der Waals surface area contributed by atoms with E-state index in [1.165, 1.54) is 16.9 Å². The highest BCUT2D eigenvalue weighted by atomic mass is 32.1. The Balaban J connectivity index is 1.76. The van der Waals surface area contributed by atoms with Crippen molar-refractivity contribution in [2.75, 3.05) is 5.32 Å². The standard InChI is InChI=1S/C16H15N3OS/c1-12-3-2-4-13(9-12)10-19-15(5-7-17-19)18-16(20)14-6-8-21-11-14/h2-9,11H,10H2,1H3,(H,18,20). The summed E-state index contributed by atoms with van der Waals surface area (Å²) in [5.41, 5.74) is 3.04. The zero-order valence-corrected chi connectivity index (χ0v) is 12.4. The van der Waals surface area contributed by atoms with Crippen molar-refractivity contribution >= 4 is 23.1 Å². The molecule has 1 N–H and O–H groups in total. The fraction of sp³-hybridized carbons (Fsp3) is 0.125. The van der Waals surface area contributed by atoms with Gasteiger partial charge in [-0.2, -0.15) is 16.4 Å². The summed E-state index contributed by atoms with van der Waals surface area (Å²) in [6.07, 6.45) is 1.69. The van der Waals surface area contributed by atoms with Crippen molar-refractivity contribution in [2.24, 2.45) is 0 Å². The number of nitrogens with one attached hydrogen (secondary N) is 1. The Morgan fingerprint density at radius 2 is 2.24 bits per heavy atom. The average molecular weight is 297 g/mol. The molecule has 3 aromatic rings. The minimum Gasteiger partial charge on any atom is -0.307 e. The lowest BCUT2D eigenvalue weighted by atomic mass is 10.1. The van der Waals surface area contributed by atoms with Crippen LogP contribution in [-0.4, -0.2) is 15.7 Å². The number of anilines is 1. The molecule has 0 saturated carbocycles. The second-order valence-electron chi connectivity index (χ2n) is 4.83. The van der Waals surface area contributed by atoms with Gasteiger partial charge < -0.3 is 5.32 Å². The first-order chi connectivity index (χ1) is 10.2. The quantitative estimate of drug-likeness (QED) is 0.800. The third-order valence-electron chi connectivity index (χ3n) is 3.16. The molecule has 0 saturated heterocycles. The van der Waals surface area contributed by atoms with Gasteiger partial charge in [0.15, 0.2) is 0 Å². The number of thiophene rings is 1. The van der Waals surface area contributed by atoms with Crippen LogP contribution in [0.2, 0.25) is 0 Å². The van der Waals surface area contributed by atoms with Crippen LogP contribution in [0, 0.1) is 6.92 Å². The molecule has 0 atom stereocenters. The predicted molar refractivity (Wildman–Crippen MR) is 84.8 cm³/mol. The van der Waals surface area contributed by atoms with Crippen LogP contribution in [0.25, 0.3) is 0 Å². The van der Waals surface area contributed by atoms with Crippen LogP contribution in [0.1, 0.15) is 21.5 Å². The monoisotopic (exact) mass is 297 g/mol. The summed E-state index contributed by atoms with van der Waals surface area (Å²) in [6, 6.07) is 11.9. The van der Waals surface area contributed by atoms with E-state index in [1.807, 2.05) is 16.8 Å². The molecule has 0 spiro atoms. The van der Waals surface area contributed by atoms with E-state index in [0.717, 1.165) is 5.56 Å². The molecule has 0 aliphatic heterocycles. The van der Waals surface area contributed by atoms with Gasteiger partial charge in [0.1, 0.15) is 5.82 Å². The predicted octanol–water partition coefficient (Wildman–Crippen LogP) is 3.55. The number of hydrogen-bond acceptors (Lipinski definition) is 3. The third-order valence-corrected chi connectivity index (χ3v) is 3.84. The molecule has 0 unspecified atom stereocenters. The van der Waals surface area contributed by atoms with Crippen molar-refractivity contribution in [3.05, 3.63) is 70.0 Å². The molecule has 1 amide bonds. The Bertz CT molecular complexity index is 746. The summed E-state index contributed by atoms with van der Waals surface area (Å²) in [4.78, 5) is 12.1. The first-order valence-electron chi connectivity index (χ1n) is 6.63. The molecule has 2 heterocycles. The molecule has 21 heavy (non-hydrogen) atoms. The first kappa shape index (κ1) is 13.6. The number of benzene rings is 1. The van der Waals surface area contributed by atoms with Gasteiger partial charge in [0, 0.05) is 11.4 Å². The largest absolute Gasteiger partial charge is 0.307 e. The number of carbonyl (C=O) groups is 1. The van der Waals surface area contributed by atoms with Crippen molar-refractivity contribution < 1.29 is 4.79 Å². The molecule has 0 bridgehead atoms. The summed E-state index contributed by atoms with van der Waals surface area (Å²) >= 11 is 1.51. The summed E-state index contributed by atoms with van der Waals surface area (Å²) < 4.78 is 1.79. The third kappa shape index (κ3) is 3.20. The van der Waals surface area contributed by atoms with Gasteiger partial charge in [-0.15, -0.1) is 0 Å². The molecular weight excluding hydrogens is 282 g/mol. The summed E-state index contributed by atoms with van der Waals surface area (Å²) in [5, 5.41) is 10.9. The van der Waals surface area contributed by atoms with Crippen molar-refractivity contribution in [1.82, 2.24) is 9.78 Å². The van der Waals surface area contributed by atoms with Crippen molar-refractivity contribution in [2.45, 2.75) is 13.5 Å². The van der Waals surface area contributed by atoms with E-state index in [2.05, 4.69) is 35.5 Å². The molecule has 1 aromatic carbocycles. The number of amides is 1. The Morgan fingerprint density at radius 3 is 3.00 bits per heavy atom. The van der Waals surface area contributed by atoms with Crippen LogP contribution in [0.15, 0.2) is 53.4 Å². The van der Waals surface area contributed by atoms with Gasteiger partial charge in [0.05, 0.1) is 18.3 Å². The van der Waals surface area contributed by atoms with Gasteiger partial charge in [-0.3, -0.25) is 4.79 Å². The molecule has 0 radical (unpaired) electrons. The van der Waals surface area contributed by atoms with Crippen LogP contribution in [0.3, 0.4) is 0 Å². The normalized spacial score (nSPS) is 10.5. The Kier molecular flexibility index (Phi) is 3.83. The Morgan fingerprint density at radius 1 is 1.33 bits per heavy atom. The van der Waals surface area contributed by atoms with Crippen LogP contribution in [-0.2, 0) is 6.54 Å². The lowest BCUT2D eigenvalue weighted by Gasteiger charge is -2.09. The number of aryl methyl sites for hydroxylation is 1. The molecule has 2 aromatic heterocycles. The van der Waals surface area contributed by atoms with Gasteiger partial charge in [-0.25, -0.2) is 4.68 Å². The molecule has 106 valence electrons. The maximum atomic E-state index is 12.1. The van der Waals surface area contributed by atoms with E-state index in [1.54, 1.807) is 23.0 Å². The molecule has 0 aliphatic carbocycles. The highest BCUT2D eigenvalue weighted by Gasteiger charge is 2.10. The summed E-state index contributed by atoms with van der Waals surface area (Å²) in [6.45, 7) is 2.69. The maximum Gasteiger partial charge on any atom is 0.257 e. The van der Waals surface area contributed by atoms with E-state index < -0.39 is 0 Å². The Labute approximate surface area is 127 Å². The number of hydrogen-bond donors (Lipinski definition) is 1. The number of rotatable bonds is 4. The zero-order chi connectivity index (χ0) is 14.7. The molecule has 3 rings (SSSR count). The first-order valence-corrected chi connectivity index (χ1v) is 7.57. The average Bonchev–Trinajstić information content (AvgIpc) is 3.11. The van der Waals surface area contributed by atoms with Gasteiger partial charge >= 0.3 is 0 Å². The molecule has 5 heteroatoms. The van der Waals surface area contributed by atoms with Crippen molar-refractivity contribution in [3.8, 4) is 0 Å². The highest BCUT2D eigenvalue weighted by molar-refractivity contribution is 7.08. The lowest BCUT2D eigenvalue weighted by Crippen LogP contribution is -2.15.